The van der Waals surface area contributed by atoms with E-state index in [2.05, 4.69) is 32.1 Å². The zero-order valence-electron chi connectivity index (χ0n) is 4.92. The average molecular weight is 234 g/mol. The number of imidazole rings is 1. The lowest BCUT2D eigenvalue weighted by Gasteiger charge is -1.96. The summed E-state index contributed by atoms with van der Waals surface area (Å²) >= 11 is 2.31. The highest BCUT2D eigenvalue weighted by Gasteiger charge is 2.24. The van der Waals surface area contributed by atoms with Crippen LogP contribution in [-0.2, 0) is 0 Å². The van der Waals surface area contributed by atoms with Gasteiger partial charge in [0.25, 0.3) is 0 Å². The fraction of sp³-hybridized carbons (Fsp3) is 0.500. The van der Waals surface area contributed by atoms with E-state index in [-0.39, 0.29) is 0 Å². The van der Waals surface area contributed by atoms with Crippen molar-refractivity contribution in [3.63, 3.8) is 0 Å². The van der Waals surface area contributed by atoms with E-state index in [1.807, 2.05) is 12.5 Å². The minimum Gasteiger partial charge on any atom is -0.323 e. The van der Waals surface area contributed by atoms with Gasteiger partial charge in [-0.25, -0.2) is 4.98 Å². The van der Waals surface area contributed by atoms with Crippen molar-refractivity contribution in [3.8, 4) is 0 Å². The maximum Gasteiger partial charge on any atom is 0.0997 e. The molecule has 0 bridgehead atoms. The molecule has 1 heterocycles. The second-order valence-corrected chi connectivity index (χ2v) is 3.46. The van der Waals surface area contributed by atoms with Gasteiger partial charge in [-0.15, -0.1) is 0 Å². The van der Waals surface area contributed by atoms with Gasteiger partial charge >= 0.3 is 0 Å². The van der Waals surface area contributed by atoms with Crippen molar-refractivity contribution in [2.75, 3.05) is 0 Å². The first-order chi connectivity index (χ1) is 4.38. The highest BCUT2D eigenvalue weighted by molar-refractivity contribution is 14.1. The van der Waals surface area contributed by atoms with Crippen molar-refractivity contribution in [3.05, 3.63) is 16.2 Å². The van der Waals surface area contributed by atoms with E-state index in [1.54, 1.807) is 0 Å². The lowest BCUT2D eigenvalue weighted by molar-refractivity contribution is 0.723. The van der Waals surface area contributed by atoms with E-state index in [0.29, 0.717) is 0 Å². The van der Waals surface area contributed by atoms with Crippen LogP contribution in [0.3, 0.4) is 0 Å². The van der Waals surface area contributed by atoms with Crippen LogP contribution in [0.25, 0.3) is 0 Å². The third-order valence-corrected chi connectivity index (χ3v) is 2.39. The van der Waals surface area contributed by atoms with Crippen LogP contribution in [0.5, 0.6) is 0 Å². The van der Waals surface area contributed by atoms with Gasteiger partial charge in [-0.3, -0.25) is 0 Å². The lowest BCUT2D eigenvalue weighted by Crippen LogP contribution is -1.92. The molecule has 1 fully saturated rings. The third kappa shape index (κ3) is 0.976. The Morgan fingerprint density at radius 3 is 2.89 bits per heavy atom. The Bertz CT molecular complexity index is 215. The predicted molar refractivity (Wildman–Crippen MR) is 43.2 cm³/mol. The molecule has 1 aliphatic rings. The summed E-state index contributed by atoms with van der Waals surface area (Å²) in [4.78, 5) is 4.04. The molecule has 3 heteroatoms. The van der Waals surface area contributed by atoms with Crippen LogP contribution in [0.1, 0.15) is 18.9 Å². The van der Waals surface area contributed by atoms with Crippen molar-refractivity contribution in [2.24, 2.45) is 0 Å². The Kier molecular flexibility index (Phi) is 1.25. The molecule has 2 rings (SSSR count). The summed E-state index contributed by atoms with van der Waals surface area (Å²) in [6, 6.07) is 0.777. The van der Waals surface area contributed by atoms with E-state index < -0.39 is 0 Å². The number of nitrogens with zero attached hydrogens (tertiary/aromatic N) is 2. The normalized spacial score (nSPS) is 18.3. The molecule has 48 valence electrons. The quantitative estimate of drug-likeness (QED) is 0.677. The summed E-state index contributed by atoms with van der Waals surface area (Å²) in [5.74, 6) is 0. The molecule has 0 radical (unpaired) electrons. The first-order valence-corrected chi connectivity index (χ1v) is 4.13. The summed E-state index contributed by atoms with van der Waals surface area (Å²) in [6.45, 7) is 0. The van der Waals surface area contributed by atoms with E-state index >= 15 is 0 Å². The second-order valence-electron chi connectivity index (χ2n) is 2.35. The third-order valence-electron chi connectivity index (χ3n) is 1.56. The molecule has 0 N–H and O–H groups in total. The molecule has 1 aromatic heterocycles. The minimum atomic E-state index is 0.777. The largest absolute Gasteiger partial charge is 0.323 e. The Morgan fingerprint density at radius 2 is 2.44 bits per heavy atom. The molecule has 0 saturated heterocycles. The Hall–Kier alpha value is -0.0600. The highest BCUT2D eigenvalue weighted by atomic mass is 127. The van der Waals surface area contributed by atoms with Gasteiger partial charge in [-0.2, -0.15) is 0 Å². The molecule has 1 aromatic rings. The van der Waals surface area contributed by atoms with Crippen LogP contribution < -0.4 is 0 Å². The monoisotopic (exact) mass is 234 g/mol. The van der Waals surface area contributed by atoms with Gasteiger partial charge in [0.05, 0.1) is 16.2 Å². The van der Waals surface area contributed by atoms with E-state index in [1.165, 1.54) is 16.5 Å². The number of halogens is 1. The number of hydrogen-bond donors (Lipinski definition) is 0. The minimum absolute atomic E-state index is 0.777. The zero-order valence-corrected chi connectivity index (χ0v) is 7.08. The maximum atomic E-state index is 4.04. The molecule has 0 unspecified atom stereocenters. The van der Waals surface area contributed by atoms with Gasteiger partial charge in [0.15, 0.2) is 0 Å². The first kappa shape index (κ1) is 5.70. The summed E-state index contributed by atoms with van der Waals surface area (Å²) in [7, 11) is 0. The molecule has 0 atom stereocenters. The maximum absolute atomic E-state index is 4.04. The highest BCUT2D eigenvalue weighted by Crippen LogP contribution is 2.35. The van der Waals surface area contributed by atoms with Gasteiger partial charge < -0.3 is 4.57 Å². The van der Waals surface area contributed by atoms with Gasteiger partial charge in [-0.05, 0) is 35.4 Å². The van der Waals surface area contributed by atoms with Gasteiger partial charge in [0.1, 0.15) is 0 Å². The fourth-order valence-electron chi connectivity index (χ4n) is 0.910. The Morgan fingerprint density at radius 1 is 1.67 bits per heavy atom. The zero-order chi connectivity index (χ0) is 6.27. The molecule has 1 aliphatic carbocycles. The van der Waals surface area contributed by atoms with E-state index in [9.17, 15) is 0 Å². The van der Waals surface area contributed by atoms with Crippen molar-refractivity contribution >= 4 is 22.6 Å². The van der Waals surface area contributed by atoms with Crippen molar-refractivity contribution in [1.82, 2.24) is 9.55 Å². The van der Waals surface area contributed by atoms with Gasteiger partial charge in [0, 0.05) is 6.04 Å². The molecule has 9 heavy (non-hydrogen) atoms. The molecule has 1 saturated carbocycles. The van der Waals surface area contributed by atoms with Crippen LogP contribution >= 0.6 is 22.6 Å². The fourth-order valence-corrected chi connectivity index (χ4v) is 1.59. The molecule has 0 amide bonds. The van der Waals surface area contributed by atoms with Crippen molar-refractivity contribution in [1.29, 1.82) is 0 Å². The number of rotatable bonds is 1. The van der Waals surface area contributed by atoms with Crippen LogP contribution in [-0.4, -0.2) is 9.55 Å². The molecular weight excluding hydrogens is 227 g/mol. The summed E-state index contributed by atoms with van der Waals surface area (Å²) in [6.07, 6.45) is 6.50. The second kappa shape index (κ2) is 1.97. The van der Waals surface area contributed by atoms with Crippen LogP contribution in [0.15, 0.2) is 12.5 Å². The Balaban J connectivity index is 2.35. The summed E-state index contributed by atoms with van der Waals surface area (Å²) in [5, 5.41) is 0. The topological polar surface area (TPSA) is 17.8 Å². The van der Waals surface area contributed by atoms with Gasteiger partial charge in [0.2, 0.25) is 0 Å². The van der Waals surface area contributed by atoms with Gasteiger partial charge in [-0.1, -0.05) is 0 Å². The number of hydrogen-bond acceptors (Lipinski definition) is 1. The predicted octanol–water partition coefficient (Wildman–Crippen LogP) is 1.82. The first-order valence-electron chi connectivity index (χ1n) is 3.05. The molecule has 0 aromatic carbocycles. The SMILES string of the molecule is Ic1cncn1C1CC1. The van der Waals surface area contributed by atoms with Crippen molar-refractivity contribution in [2.45, 2.75) is 18.9 Å². The van der Waals surface area contributed by atoms with Crippen LogP contribution in [0, 0.1) is 3.70 Å². The van der Waals surface area contributed by atoms with Crippen molar-refractivity contribution < 1.29 is 0 Å². The smallest absolute Gasteiger partial charge is 0.0997 e. The Labute approximate surface area is 67.4 Å². The average Bonchev–Trinajstić information content (AvgIpc) is 2.58. The molecule has 2 nitrogen and oxygen atoms in total. The summed E-state index contributed by atoms with van der Waals surface area (Å²) in [5.41, 5.74) is 0. The number of aromatic nitrogens is 2. The summed E-state index contributed by atoms with van der Waals surface area (Å²) < 4.78 is 3.50. The molecule has 0 spiro atoms. The molecule has 0 aliphatic heterocycles. The molecular formula is C6H7IN2. The van der Waals surface area contributed by atoms with Crippen LogP contribution in [0.4, 0.5) is 0 Å². The van der Waals surface area contributed by atoms with Crippen LogP contribution in [0.2, 0.25) is 0 Å². The standard InChI is InChI=1S/C6H7IN2/c7-6-3-8-4-9(6)5-1-2-5/h3-5H,1-2H2. The van der Waals surface area contributed by atoms with E-state index in [4.69, 9.17) is 0 Å². The van der Waals surface area contributed by atoms with E-state index in [0.717, 1.165) is 6.04 Å². The lowest BCUT2D eigenvalue weighted by atomic mass is 10.7.